The van der Waals surface area contributed by atoms with Gasteiger partial charge in [-0.25, -0.2) is 0 Å². The molecular formula is C29H29NO3. The maximum absolute atomic E-state index is 13.3. The Morgan fingerprint density at radius 1 is 0.879 bits per heavy atom. The molecule has 1 aliphatic rings. The normalized spacial score (nSPS) is 18.1. The maximum atomic E-state index is 13.3. The number of nitrogens with zero attached hydrogens (tertiary/aromatic N) is 1. The molecule has 0 aromatic heterocycles. The van der Waals surface area contributed by atoms with Gasteiger partial charge >= 0.3 is 0 Å². The molecule has 1 atom stereocenters. The Morgan fingerprint density at radius 2 is 1.52 bits per heavy atom. The summed E-state index contributed by atoms with van der Waals surface area (Å²) in [7, 11) is 0. The second kappa shape index (κ2) is 8.36. The van der Waals surface area contributed by atoms with Crippen molar-refractivity contribution in [1.29, 1.82) is 0 Å². The highest BCUT2D eigenvalue weighted by Gasteiger charge is 2.47. The highest BCUT2D eigenvalue weighted by atomic mass is 16.3. The van der Waals surface area contributed by atoms with Gasteiger partial charge in [0.05, 0.1) is 11.6 Å². The molecule has 1 saturated heterocycles. The molecule has 0 bridgehead atoms. The van der Waals surface area contributed by atoms with Crippen molar-refractivity contribution in [3.63, 3.8) is 0 Å². The maximum Gasteiger partial charge on any atom is 0.300 e. The lowest BCUT2D eigenvalue weighted by molar-refractivity contribution is -0.132. The smallest absolute Gasteiger partial charge is 0.300 e. The molecule has 1 aliphatic heterocycles. The molecular weight excluding hydrogens is 410 g/mol. The van der Waals surface area contributed by atoms with Crippen LogP contribution >= 0.6 is 0 Å². The number of hydrogen-bond acceptors (Lipinski definition) is 3. The predicted molar refractivity (Wildman–Crippen MR) is 132 cm³/mol. The highest BCUT2D eigenvalue weighted by Crippen LogP contribution is 2.42. The number of carbonyl (C=O) groups is 2. The number of carbonyl (C=O) groups excluding carboxylic acids is 2. The van der Waals surface area contributed by atoms with Gasteiger partial charge in [-0.2, -0.15) is 0 Å². The minimum absolute atomic E-state index is 0.0335. The molecule has 1 amide bonds. The third-order valence-electron chi connectivity index (χ3n) is 6.22. The lowest BCUT2D eigenvalue weighted by Crippen LogP contribution is -2.29. The van der Waals surface area contributed by atoms with E-state index in [1.54, 1.807) is 0 Å². The quantitative estimate of drug-likeness (QED) is 0.299. The molecule has 4 heteroatoms. The first-order chi connectivity index (χ1) is 15.6. The molecule has 1 N–H and O–H groups in total. The first kappa shape index (κ1) is 22.5. The van der Waals surface area contributed by atoms with Gasteiger partial charge in [-0.15, -0.1) is 0 Å². The average Bonchev–Trinajstić information content (AvgIpc) is 3.05. The van der Waals surface area contributed by atoms with E-state index in [1.165, 1.54) is 4.90 Å². The Hall–Kier alpha value is -3.66. The summed E-state index contributed by atoms with van der Waals surface area (Å²) in [5.41, 5.74) is 4.97. The molecule has 168 valence electrons. The van der Waals surface area contributed by atoms with Crippen LogP contribution in [0.4, 0.5) is 5.69 Å². The summed E-state index contributed by atoms with van der Waals surface area (Å²) in [5, 5.41) is 11.3. The number of Topliss-reactive ketones (excluding diaryl/α,β-unsaturated/α-hetero) is 1. The Kier molecular flexibility index (Phi) is 5.71. The number of rotatable bonds is 3. The summed E-state index contributed by atoms with van der Waals surface area (Å²) < 4.78 is 0. The number of ketones is 1. The van der Waals surface area contributed by atoms with Crippen LogP contribution in [0, 0.1) is 13.8 Å². The van der Waals surface area contributed by atoms with Gasteiger partial charge < -0.3 is 5.11 Å². The molecule has 0 radical (unpaired) electrons. The monoisotopic (exact) mass is 439 g/mol. The van der Waals surface area contributed by atoms with Gasteiger partial charge in [0.25, 0.3) is 11.7 Å². The first-order valence-corrected chi connectivity index (χ1v) is 11.1. The second-order valence-corrected chi connectivity index (χ2v) is 9.70. The molecule has 3 aromatic carbocycles. The van der Waals surface area contributed by atoms with Gasteiger partial charge in [0.2, 0.25) is 0 Å². The van der Waals surface area contributed by atoms with Crippen LogP contribution in [0.5, 0.6) is 0 Å². The fourth-order valence-corrected chi connectivity index (χ4v) is 4.31. The predicted octanol–water partition coefficient (Wildman–Crippen LogP) is 6.23. The van der Waals surface area contributed by atoms with Gasteiger partial charge in [-0.1, -0.05) is 80.9 Å². The Balaban J connectivity index is 1.92. The molecule has 33 heavy (non-hydrogen) atoms. The van der Waals surface area contributed by atoms with E-state index in [9.17, 15) is 14.7 Å². The van der Waals surface area contributed by atoms with Crippen LogP contribution in [0.15, 0.2) is 78.4 Å². The first-order valence-electron chi connectivity index (χ1n) is 11.1. The topological polar surface area (TPSA) is 57.6 Å². The van der Waals surface area contributed by atoms with Gasteiger partial charge in [-0.3, -0.25) is 14.5 Å². The fourth-order valence-electron chi connectivity index (χ4n) is 4.31. The van der Waals surface area contributed by atoms with Crippen LogP contribution < -0.4 is 4.90 Å². The van der Waals surface area contributed by atoms with Gasteiger partial charge in [0.15, 0.2) is 0 Å². The van der Waals surface area contributed by atoms with Crippen LogP contribution in [0.25, 0.3) is 5.76 Å². The number of aliphatic hydroxyl groups excluding tert-OH is 1. The largest absolute Gasteiger partial charge is 0.507 e. The van der Waals surface area contributed by atoms with E-state index >= 15 is 0 Å². The zero-order valence-corrected chi connectivity index (χ0v) is 19.7. The highest BCUT2D eigenvalue weighted by molar-refractivity contribution is 6.51. The van der Waals surface area contributed by atoms with Crippen molar-refractivity contribution in [2.24, 2.45) is 0 Å². The lowest BCUT2D eigenvalue weighted by Gasteiger charge is -2.27. The molecule has 4 rings (SSSR count). The van der Waals surface area contributed by atoms with Crippen molar-refractivity contribution in [2.75, 3.05) is 4.90 Å². The molecule has 1 heterocycles. The minimum atomic E-state index is -0.716. The molecule has 0 aliphatic carbocycles. The van der Waals surface area contributed by atoms with Crippen molar-refractivity contribution in [1.82, 2.24) is 0 Å². The van der Waals surface area contributed by atoms with Crippen molar-refractivity contribution in [3.8, 4) is 0 Å². The van der Waals surface area contributed by atoms with E-state index < -0.39 is 17.7 Å². The summed E-state index contributed by atoms with van der Waals surface area (Å²) in [5.74, 6) is -1.46. The zero-order valence-electron chi connectivity index (χ0n) is 19.7. The SMILES string of the molecule is Cc1ccc(C)c(/C(O)=C2\C(=O)C(=O)N(c3ccc(C(C)(C)C)cc3)C2c2ccccc2)c1. The van der Waals surface area contributed by atoms with Crippen LogP contribution in [0.3, 0.4) is 0 Å². The van der Waals surface area contributed by atoms with E-state index in [1.807, 2.05) is 86.6 Å². The summed E-state index contributed by atoms with van der Waals surface area (Å²) in [6.45, 7) is 10.2. The van der Waals surface area contributed by atoms with Crippen molar-refractivity contribution in [3.05, 3.63) is 106 Å². The van der Waals surface area contributed by atoms with E-state index in [0.717, 1.165) is 22.3 Å². The van der Waals surface area contributed by atoms with Gasteiger partial charge in [0.1, 0.15) is 5.76 Å². The number of aryl methyl sites for hydroxylation is 2. The Morgan fingerprint density at radius 3 is 2.12 bits per heavy atom. The standard InChI is InChI=1S/C29H29NO3/c1-18-11-12-19(2)23(17-18)26(31)24-25(20-9-7-6-8-10-20)30(28(33)27(24)32)22-15-13-21(14-16-22)29(3,4)5/h6-17,25,31H,1-5H3/b26-24+. The van der Waals surface area contributed by atoms with Crippen LogP contribution in [-0.4, -0.2) is 16.8 Å². The van der Waals surface area contributed by atoms with Crippen LogP contribution in [0.1, 0.15) is 54.6 Å². The van der Waals surface area contributed by atoms with E-state index in [0.29, 0.717) is 11.3 Å². The van der Waals surface area contributed by atoms with Gasteiger partial charge in [0, 0.05) is 11.3 Å². The zero-order chi connectivity index (χ0) is 23.9. The molecule has 3 aromatic rings. The van der Waals surface area contributed by atoms with E-state index in [-0.39, 0.29) is 16.7 Å². The third-order valence-corrected chi connectivity index (χ3v) is 6.22. The number of hydrogen-bond donors (Lipinski definition) is 1. The van der Waals surface area contributed by atoms with Crippen molar-refractivity contribution in [2.45, 2.75) is 46.1 Å². The summed E-state index contributed by atoms with van der Waals surface area (Å²) in [4.78, 5) is 28.1. The lowest BCUT2D eigenvalue weighted by atomic mass is 9.87. The minimum Gasteiger partial charge on any atom is -0.507 e. The summed E-state index contributed by atoms with van der Waals surface area (Å²) in [6, 6.07) is 22.1. The Bertz CT molecular complexity index is 1250. The van der Waals surface area contributed by atoms with E-state index in [2.05, 4.69) is 20.8 Å². The molecule has 1 fully saturated rings. The molecule has 0 spiro atoms. The van der Waals surface area contributed by atoms with Crippen LogP contribution in [-0.2, 0) is 15.0 Å². The third kappa shape index (κ3) is 4.09. The summed E-state index contributed by atoms with van der Waals surface area (Å²) >= 11 is 0. The molecule has 0 saturated carbocycles. The average molecular weight is 440 g/mol. The summed E-state index contributed by atoms with van der Waals surface area (Å²) in [6.07, 6.45) is 0. The number of aliphatic hydroxyl groups is 1. The second-order valence-electron chi connectivity index (χ2n) is 9.70. The fraction of sp³-hybridized carbons (Fsp3) is 0.241. The number of amides is 1. The number of benzene rings is 3. The van der Waals surface area contributed by atoms with Crippen molar-refractivity contribution >= 4 is 23.1 Å². The van der Waals surface area contributed by atoms with Crippen molar-refractivity contribution < 1.29 is 14.7 Å². The van der Waals surface area contributed by atoms with Gasteiger partial charge in [-0.05, 0) is 54.2 Å². The molecule has 1 unspecified atom stereocenters. The molecule has 4 nitrogen and oxygen atoms in total. The van der Waals surface area contributed by atoms with E-state index in [4.69, 9.17) is 0 Å². The Labute approximate surface area is 195 Å². The number of anilines is 1. The van der Waals surface area contributed by atoms with Crippen LogP contribution in [0.2, 0.25) is 0 Å².